The highest BCUT2D eigenvalue weighted by Crippen LogP contribution is 2.39. The molecule has 32 heavy (non-hydrogen) atoms. The van der Waals surface area contributed by atoms with Gasteiger partial charge in [-0.15, -0.1) is 11.3 Å². The van der Waals surface area contributed by atoms with Crippen LogP contribution in [-0.2, 0) is 17.4 Å². The molecule has 11 heteroatoms. The second-order valence-corrected chi connectivity index (χ2v) is 8.14. The lowest BCUT2D eigenvalue weighted by Crippen LogP contribution is -2.20. The Morgan fingerprint density at radius 2 is 1.75 bits per heavy atom. The third-order valence-corrected chi connectivity index (χ3v) is 5.95. The van der Waals surface area contributed by atoms with E-state index in [-0.39, 0.29) is 16.4 Å². The summed E-state index contributed by atoms with van der Waals surface area (Å²) in [4.78, 5) is 30.0. The first-order chi connectivity index (χ1) is 15.1. The number of rotatable bonds is 4. The molecule has 2 amide bonds. The fourth-order valence-corrected chi connectivity index (χ4v) is 4.39. The summed E-state index contributed by atoms with van der Waals surface area (Å²) in [6.45, 7) is 0. The van der Waals surface area contributed by atoms with Crippen LogP contribution in [0, 0.1) is 11.6 Å². The molecule has 1 aliphatic rings. The van der Waals surface area contributed by atoms with E-state index in [9.17, 15) is 31.5 Å². The standard InChI is InChI=1S/C21H14F5N3O2S/c22-11-3-1-10(2-4-11)18(30)29-20-28-17-13(6-8-16(17)32-20)19(31)27-12-5-7-15(23)14(9-12)21(24,25)26/h1-5,7,9,13H,6,8H2,(H,27,31)(H,28,29,30). The zero-order valence-corrected chi connectivity index (χ0v) is 16.9. The van der Waals surface area contributed by atoms with Crippen LogP contribution in [0.25, 0.3) is 0 Å². The minimum absolute atomic E-state index is 0.183. The Bertz CT molecular complexity index is 1190. The Kier molecular flexibility index (Phi) is 5.68. The Hall–Kier alpha value is -3.34. The van der Waals surface area contributed by atoms with Gasteiger partial charge in [-0.2, -0.15) is 13.2 Å². The highest BCUT2D eigenvalue weighted by atomic mass is 32.1. The maximum atomic E-state index is 13.5. The average Bonchev–Trinajstić information content (AvgIpc) is 3.29. The minimum Gasteiger partial charge on any atom is -0.325 e. The van der Waals surface area contributed by atoms with Crippen molar-refractivity contribution in [1.29, 1.82) is 0 Å². The normalized spacial score (nSPS) is 15.3. The molecule has 4 rings (SSSR count). The summed E-state index contributed by atoms with van der Waals surface area (Å²) in [5.74, 6) is -3.71. The molecule has 2 aromatic carbocycles. The molecule has 1 aromatic heterocycles. The summed E-state index contributed by atoms with van der Waals surface area (Å²) < 4.78 is 65.2. The fraction of sp³-hybridized carbons (Fsp3) is 0.190. The van der Waals surface area contributed by atoms with Gasteiger partial charge >= 0.3 is 6.18 Å². The van der Waals surface area contributed by atoms with Crippen LogP contribution in [0.2, 0.25) is 0 Å². The van der Waals surface area contributed by atoms with Gasteiger partial charge in [0.15, 0.2) is 5.13 Å². The Morgan fingerprint density at radius 1 is 1.03 bits per heavy atom. The summed E-state index contributed by atoms with van der Waals surface area (Å²) in [5, 5.41) is 5.23. The molecule has 1 atom stereocenters. The topological polar surface area (TPSA) is 71.1 Å². The monoisotopic (exact) mass is 467 g/mol. The van der Waals surface area contributed by atoms with E-state index in [0.29, 0.717) is 30.7 Å². The van der Waals surface area contributed by atoms with Crippen molar-refractivity contribution in [3.05, 3.63) is 75.8 Å². The van der Waals surface area contributed by atoms with E-state index in [0.717, 1.165) is 23.1 Å². The van der Waals surface area contributed by atoms with Gasteiger partial charge < -0.3 is 5.32 Å². The number of carbonyl (C=O) groups excluding carboxylic acids is 2. The maximum Gasteiger partial charge on any atom is 0.419 e. The molecule has 3 aromatic rings. The van der Waals surface area contributed by atoms with E-state index in [1.807, 2.05) is 0 Å². The number of hydrogen-bond acceptors (Lipinski definition) is 4. The minimum atomic E-state index is -4.89. The SMILES string of the molecule is O=C(Nc1nc2c(s1)CCC2C(=O)Nc1ccc(F)c(C(F)(F)F)c1)c1ccc(F)cc1. The van der Waals surface area contributed by atoms with Crippen molar-refractivity contribution in [2.75, 3.05) is 10.6 Å². The quantitative estimate of drug-likeness (QED) is 0.508. The maximum absolute atomic E-state index is 13.5. The fourth-order valence-electron chi connectivity index (χ4n) is 3.36. The van der Waals surface area contributed by atoms with Crippen LogP contribution in [0.3, 0.4) is 0 Å². The first-order valence-corrected chi connectivity index (χ1v) is 10.2. The number of alkyl halides is 3. The van der Waals surface area contributed by atoms with Crippen LogP contribution >= 0.6 is 11.3 Å². The van der Waals surface area contributed by atoms with Crippen LogP contribution in [0.15, 0.2) is 42.5 Å². The van der Waals surface area contributed by atoms with Crippen LogP contribution in [0.4, 0.5) is 32.8 Å². The molecule has 0 saturated carbocycles. The summed E-state index contributed by atoms with van der Waals surface area (Å²) in [5.41, 5.74) is -0.994. The van der Waals surface area contributed by atoms with Crippen LogP contribution in [-0.4, -0.2) is 16.8 Å². The van der Waals surface area contributed by atoms with Crippen molar-refractivity contribution in [2.45, 2.75) is 24.9 Å². The largest absolute Gasteiger partial charge is 0.419 e. The molecule has 0 spiro atoms. The smallest absolute Gasteiger partial charge is 0.325 e. The number of nitrogens with zero attached hydrogens (tertiary/aromatic N) is 1. The molecule has 0 aliphatic heterocycles. The number of anilines is 2. The van der Waals surface area contributed by atoms with Gasteiger partial charge in [0.1, 0.15) is 11.6 Å². The van der Waals surface area contributed by atoms with E-state index < -0.39 is 41.1 Å². The molecule has 0 fully saturated rings. The highest BCUT2D eigenvalue weighted by molar-refractivity contribution is 7.16. The molecule has 0 saturated heterocycles. The van der Waals surface area contributed by atoms with E-state index in [2.05, 4.69) is 15.6 Å². The van der Waals surface area contributed by atoms with Crippen molar-refractivity contribution in [3.8, 4) is 0 Å². The zero-order valence-electron chi connectivity index (χ0n) is 16.1. The molecule has 5 nitrogen and oxygen atoms in total. The summed E-state index contributed by atoms with van der Waals surface area (Å²) in [6.07, 6.45) is -3.98. The lowest BCUT2D eigenvalue weighted by atomic mass is 10.1. The first kappa shape index (κ1) is 21.9. The molecular weight excluding hydrogens is 453 g/mol. The van der Waals surface area contributed by atoms with Crippen molar-refractivity contribution in [3.63, 3.8) is 0 Å². The van der Waals surface area contributed by atoms with Gasteiger partial charge in [-0.3, -0.25) is 14.9 Å². The van der Waals surface area contributed by atoms with Crippen LogP contribution in [0.5, 0.6) is 0 Å². The molecule has 166 valence electrons. The highest BCUT2D eigenvalue weighted by Gasteiger charge is 2.36. The summed E-state index contributed by atoms with van der Waals surface area (Å²) in [7, 11) is 0. The molecule has 2 N–H and O–H groups in total. The van der Waals surface area contributed by atoms with Gasteiger partial charge in [-0.1, -0.05) is 0 Å². The molecule has 0 bridgehead atoms. The number of hydrogen-bond donors (Lipinski definition) is 2. The average molecular weight is 467 g/mol. The number of thiazole rings is 1. The molecule has 1 heterocycles. The molecule has 1 unspecified atom stereocenters. The zero-order chi connectivity index (χ0) is 23.0. The predicted octanol–water partition coefficient (Wildman–Crippen LogP) is 5.36. The second-order valence-electron chi connectivity index (χ2n) is 7.06. The van der Waals surface area contributed by atoms with Gasteiger partial charge in [-0.05, 0) is 55.3 Å². The van der Waals surface area contributed by atoms with E-state index in [1.165, 1.54) is 23.5 Å². The van der Waals surface area contributed by atoms with Gasteiger partial charge in [0.2, 0.25) is 5.91 Å². The van der Waals surface area contributed by atoms with Crippen molar-refractivity contribution < 1.29 is 31.5 Å². The van der Waals surface area contributed by atoms with Crippen LogP contribution in [0.1, 0.15) is 38.8 Å². The lowest BCUT2D eigenvalue weighted by molar-refractivity contribution is -0.140. The van der Waals surface area contributed by atoms with Gasteiger partial charge in [-0.25, -0.2) is 13.8 Å². The molecular formula is C21H14F5N3O2S. The summed E-state index contributed by atoms with van der Waals surface area (Å²) >= 11 is 1.19. The number of nitrogens with one attached hydrogen (secondary N) is 2. The number of aromatic nitrogens is 1. The summed E-state index contributed by atoms with van der Waals surface area (Å²) in [6, 6.07) is 7.17. The molecule has 1 aliphatic carbocycles. The van der Waals surface area contributed by atoms with Gasteiger partial charge in [0.05, 0.1) is 17.2 Å². The molecule has 0 radical (unpaired) electrons. The Balaban J connectivity index is 1.48. The number of benzene rings is 2. The Morgan fingerprint density at radius 3 is 2.44 bits per heavy atom. The third-order valence-electron chi connectivity index (χ3n) is 4.90. The second kappa shape index (κ2) is 8.30. The van der Waals surface area contributed by atoms with Crippen LogP contribution < -0.4 is 10.6 Å². The Labute approximate surface area is 182 Å². The lowest BCUT2D eigenvalue weighted by Gasteiger charge is -2.13. The van der Waals surface area contributed by atoms with Gasteiger partial charge in [0.25, 0.3) is 5.91 Å². The van der Waals surface area contributed by atoms with Crippen molar-refractivity contribution in [1.82, 2.24) is 4.98 Å². The predicted molar refractivity (Wildman–Crippen MR) is 108 cm³/mol. The number of halogens is 5. The van der Waals surface area contributed by atoms with E-state index in [4.69, 9.17) is 0 Å². The van der Waals surface area contributed by atoms with Gasteiger partial charge in [0, 0.05) is 16.1 Å². The van der Waals surface area contributed by atoms with Crippen molar-refractivity contribution in [2.24, 2.45) is 0 Å². The first-order valence-electron chi connectivity index (χ1n) is 9.36. The number of fused-ring (bicyclic) bond motifs is 1. The number of amides is 2. The van der Waals surface area contributed by atoms with E-state index in [1.54, 1.807) is 0 Å². The number of aryl methyl sites for hydroxylation is 1. The third kappa shape index (κ3) is 4.47. The van der Waals surface area contributed by atoms with Crippen molar-refractivity contribution >= 4 is 34.0 Å². The number of carbonyl (C=O) groups is 2. The van der Waals surface area contributed by atoms with E-state index >= 15 is 0 Å².